The van der Waals surface area contributed by atoms with E-state index in [-0.39, 0.29) is 0 Å². The highest BCUT2D eigenvalue weighted by Gasteiger charge is 2.16. The molecule has 0 unspecified atom stereocenters. The van der Waals surface area contributed by atoms with Crippen molar-refractivity contribution in [3.8, 4) is 0 Å². The minimum Gasteiger partial charge on any atom is -0.383 e. The molecule has 1 rings (SSSR count). The largest absolute Gasteiger partial charge is 0.383 e. The summed E-state index contributed by atoms with van der Waals surface area (Å²) < 4.78 is 5.41. The van der Waals surface area contributed by atoms with Gasteiger partial charge in [-0.25, -0.2) is 0 Å². The Hall–Kier alpha value is -0.960. The molecule has 0 radical (unpaired) electrons. The Bertz CT molecular complexity index is 349. The maximum atomic E-state index is 7.56. The highest BCUT2D eigenvalue weighted by atomic mass is 127. The van der Waals surface area contributed by atoms with E-state index in [0.29, 0.717) is 35.1 Å². The lowest BCUT2D eigenvalue weighted by Crippen LogP contribution is -2.43. The highest BCUT2D eigenvalue weighted by molar-refractivity contribution is 14.1. The van der Waals surface area contributed by atoms with E-state index < -0.39 is 0 Å². The molecule has 0 amide bonds. The predicted molar refractivity (Wildman–Crippen MR) is 77.5 cm³/mol. The van der Waals surface area contributed by atoms with E-state index >= 15 is 0 Å². The molecule has 0 aromatic rings. The van der Waals surface area contributed by atoms with Gasteiger partial charge in [0.25, 0.3) is 0 Å². The number of halogens is 1. The third-order valence-electron chi connectivity index (χ3n) is 2.20. The van der Waals surface area contributed by atoms with Crippen molar-refractivity contribution in [1.29, 1.82) is 10.8 Å². The molecule has 7 heteroatoms. The van der Waals surface area contributed by atoms with E-state index in [0.717, 1.165) is 5.57 Å². The highest BCUT2D eigenvalue weighted by Crippen LogP contribution is 2.06. The van der Waals surface area contributed by atoms with Gasteiger partial charge in [-0.3, -0.25) is 5.41 Å². The van der Waals surface area contributed by atoms with Crippen LogP contribution in [0.4, 0.5) is 0 Å². The summed E-state index contributed by atoms with van der Waals surface area (Å²) in [6, 6.07) is 0.341. The standard InChI is InChI=1S/C10H16IN5O/c1-14-16-9(10(11)13)2-7(3-12)4-15-8-5-17-6-8/h3-4,8,12-15H,2,5-6H2,1H3/b7-4-,12-3?,13-10?,16-9-. The molecule has 0 saturated carbocycles. The number of allylic oxidation sites excluding steroid dienone is 1. The molecule has 0 aromatic heterocycles. The first kappa shape index (κ1) is 14.1. The lowest BCUT2D eigenvalue weighted by atomic mass is 10.1. The van der Waals surface area contributed by atoms with Crippen LogP contribution in [0.5, 0.6) is 0 Å². The van der Waals surface area contributed by atoms with Crippen LogP contribution in [0.3, 0.4) is 0 Å². The van der Waals surface area contributed by atoms with Crippen LogP contribution >= 0.6 is 22.6 Å². The van der Waals surface area contributed by atoms with Crippen molar-refractivity contribution in [2.75, 3.05) is 20.3 Å². The number of ether oxygens (including phenoxy) is 1. The van der Waals surface area contributed by atoms with Crippen molar-refractivity contribution in [2.24, 2.45) is 5.10 Å². The Kier molecular flexibility index (Phi) is 6.12. The zero-order chi connectivity index (χ0) is 12.7. The van der Waals surface area contributed by atoms with Gasteiger partial charge >= 0.3 is 0 Å². The minimum absolute atomic E-state index is 0.341. The van der Waals surface area contributed by atoms with Crippen LogP contribution in [0.25, 0.3) is 0 Å². The Morgan fingerprint density at radius 1 is 1.59 bits per heavy atom. The maximum absolute atomic E-state index is 7.56. The van der Waals surface area contributed by atoms with Gasteiger partial charge in [-0.2, -0.15) is 5.10 Å². The second-order valence-corrected chi connectivity index (χ2v) is 4.62. The molecule has 94 valence electrons. The topological polar surface area (TPSA) is 93.3 Å². The second kappa shape index (κ2) is 7.38. The van der Waals surface area contributed by atoms with E-state index in [9.17, 15) is 0 Å². The van der Waals surface area contributed by atoms with Crippen molar-refractivity contribution in [1.82, 2.24) is 10.7 Å². The Morgan fingerprint density at radius 2 is 2.29 bits per heavy atom. The Balaban J connectivity index is 2.56. The molecule has 0 aromatic carbocycles. The number of hydrazone groups is 1. The molecular formula is C10H16IN5O. The average molecular weight is 349 g/mol. The number of nitrogens with one attached hydrogen (secondary N) is 4. The van der Waals surface area contributed by atoms with Crippen LogP contribution in [0.15, 0.2) is 16.9 Å². The van der Waals surface area contributed by atoms with Crippen LogP contribution in [-0.2, 0) is 4.74 Å². The van der Waals surface area contributed by atoms with E-state index in [1.54, 1.807) is 13.2 Å². The lowest BCUT2D eigenvalue weighted by molar-refractivity contribution is 0.000711. The molecule has 4 N–H and O–H groups in total. The molecule has 0 spiro atoms. The molecule has 17 heavy (non-hydrogen) atoms. The molecule has 1 saturated heterocycles. The van der Waals surface area contributed by atoms with Crippen molar-refractivity contribution >= 4 is 38.2 Å². The fraction of sp³-hybridized carbons (Fsp3) is 0.500. The summed E-state index contributed by atoms with van der Waals surface area (Å²) >= 11 is 1.91. The van der Waals surface area contributed by atoms with Crippen molar-refractivity contribution in [2.45, 2.75) is 12.5 Å². The minimum atomic E-state index is 0.341. The van der Waals surface area contributed by atoms with E-state index in [1.165, 1.54) is 6.21 Å². The average Bonchev–Trinajstić information content (AvgIpc) is 2.24. The van der Waals surface area contributed by atoms with Crippen molar-refractivity contribution < 1.29 is 4.74 Å². The number of hydrogen-bond acceptors (Lipinski definition) is 6. The zero-order valence-electron chi connectivity index (χ0n) is 9.59. The van der Waals surface area contributed by atoms with Gasteiger partial charge in [0.15, 0.2) is 0 Å². The van der Waals surface area contributed by atoms with Gasteiger partial charge in [-0.1, -0.05) is 0 Å². The fourth-order valence-corrected chi connectivity index (χ4v) is 1.51. The summed E-state index contributed by atoms with van der Waals surface area (Å²) in [6.07, 6.45) is 3.54. The molecule has 1 fully saturated rings. The Morgan fingerprint density at radius 3 is 2.71 bits per heavy atom. The Labute approximate surface area is 114 Å². The first-order chi connectivity index (χ1) is 8.17. The first-order valence-corrected chi connectivity index (χ1v) is 6.26. The normalized spacial score (nSPS) is 17.3. The van der Waals surface area contributed by atoms with Gasteiger partial charge in [-0.15, -0.1) is 0 Å². The van der Waals surface area contributed by atoms with E-state index in [1.807, 2.05) is 22.6 Å². The summed E-state index contributed by atoms with van der Waals surface area (Å²) in [5.41, 5.74) is 4.07. The summed E-state index contributed by atoms with van der Waals surface area (Å²) in [5, 5.41) is 22.1. The van der Waals surface area contributed by atoms with Crippen LogP contribution in [0.1, 0.15) is 6.42 Å². The third kappa shape index (κ3) is 4.82. The number of rotatable bonds is 7. The lowest BCUT2D eigenvalue weighted by Gasteiger charge is -2.26. The SMILES string of the molecule is CN/N=C(/C/C(C=N)=C/NC1COC1)C(=N)I. The quantitative estimate of drug-likeness (QED) is 0.312. The van der Waals surface area contributed by atoms with E-state index in [4.69, 9.17) is 15.6 Å². The van der Waals surface area contributed by atoms with E-state index in [2.05, 4.69) is 15.8 Å². The monoisotopic (exact) mass is 349 g/mol. The summed E-state index contributed by atoms with van der Waals surface area (Å²) in [5.74, 6) is 0. The molecule has 1 aliphatic heterocycles. The number of hydrogen-bond donors (Lipinski definition) is 4. The third-order valence-corrected chi connectivity index (χ3v) is 2.82. The summed E-state index contributed by atoms with van der Waals surface area (Å²) in [6.45, 7) is 1.42. The van der Waals surface area contributed by atoms with Gasteiger partial charge in [0.1, 0.15) is 3.72 Å². The predicted octanol–water partition coefficient (Wildman–Crippen LogP) is 0.886. The molecule has 0 aliphatic carbocycles. The first-order valence-electron chi connectivity index (χ1n) is 5.18. The van der Waals surface area contributed by atoms with Crippen molar-refractivity contribution in [3.05, 3.63) is 11.8 Å². The van der Waals surface area contributed by atoms with Crippen LogP contribution in [0, 0.1) is 10.8 Å². The van der Waals surface area contributed by atoms with Gasteiger partial charge < -0.3 is 20.9 Å². The maximum Gasteiger partial charge on any atom is 0.116 e. The molecule has 0 atom stereocenters. The number of nitrogens with zero attached hydrogens (tertiary/aromatic N) is 1. The smallest absolute Gasteiger partial charge is 0.116 e. The van der Waals surface area contributed by atoms with Crippen molar-refractivity contribution in [3.63, 3.8) is 0 Å². The summed E-state index contributed by atoms with van der Waals surface area (Å²) in [4.78, 5) is 0. The van der Waals surface area contributed by atoms with Gasteiger partial charge in [0.05, 0.1) is 25.0 Å². The summed E-state index contributed by atoms with van der Waals surface area (Å²) in [7, 11) is 1.69. The van der Waals surface area contributed by atoms with Gasteiger partial charge in [0.2, 0.25) is 0 Å². The fourth-order valence-electron chi connectivity index (χ4n) is 1.20. The van der Waals surface area contributed by atoms with Crippen LogP contribution in [0.2, 0.25) is 0 Å². The second-order valence-electron chi connectivity index (χ2n) is 3.54. The van der Waals surface area contributed by atoms with Gasteiger partial charge in [0, 0.05) is 25.9 Å². The zero-order valence-corrected chi connectivity index (χ0v) is 11.7. The molecule has 1 heterocycles. The molecule has 6 nitrogen and oxygen atoms in total. The molecular weight excluding hydrogens is 333 g/mol. The van der Waals surface area contributed by atoms with Gasteiger partial charge in [-0.05, 0) is 28.2 Å². The van der Waals surface area contributed by atoms with Crippen LogP contribution in [-0.4, -0.2) is 41.9 Å². The van der Waals surface area contributed by atoms with Crippen LogP contribution < -0.4 is 10.7 Å². The molecule has 1 aliphatic rings. The molecule has 0 bridgehead atoms.